The Balaban J connectivity index is 0.000000189. The van der Waals surface area contributed by atoms with E-state index in [4.69, 9.17) is 9.79 Å². The van der Waals surface area contributed by atoms with E-state index in [1.165, 1.54) is 11.1 Å². The Bertz CT molecular complexity index is 820. The highest BCUT2D eigenvalue weighted by Gasteiger charge is 2.17. The van der Waals surface area contributed by atoms with Crippen molar-refractivity contribution >= 4 is 7.82 Å². The summed E-state index contributed by atoms with van der Waals surface area (Å²) in [5, 5.41) is 0. The van der Waals surface area contributed by atoms with Crippen LogP contribution in [-0.2, 0) is 11.0 Å². The van der Waals surface area contributed by atoms with Crippen LogP contribution in [-0.4, -0.2) is 9.79 Å². The maximum Gasteiger partial charge on any atom is 0.524 e. The molecule has 0 aliphatic heterocycles. The minimum atomic E-state index is -4.44. The van der Waals surface area contributed by atoms with Crippen molar-refractivity contribution in [2.75, 3.05) is 0 Å². The number of hydrogen-bond acceptors (Lipinski definition) is 2. The molecule has 0 heterocycles. The van der Waals surface area contributed by atoms with Crippen molar-refractivity contribution in [1.29, 1.82) is 0 Å². The van der Waals surface area contributed by atoms with Gasteiger partial charge in [-0.25, -0.2) is 4.57 Å². The Morgan fingerprint density at radius 3 is 1.77 bits per heavy atom. The fraction of sp³-hybridized carbons (Fsp3) is 0.143. The number of phosphoric acid groups is 1. The Morgan fingerprint density at radius 2 is 1.35 bits per heavy atom. The fourth-order valence-electron chi connectivity index (χ4n) is 2.46. The van der Waals surface area contributed by atoms with E-state index in [-0.39, 0.29) is 5.75 Å². The van der Waals surface area contributed by atoms with Crippen LogP contribution in [0, 0.1) is 6.92 Å². The smallest absolute Gasteiger partial charge is 0.404 e. The van der Waals surface area contributed by atoms with Crippen molar-refractivity contribution in [2.24, 2.45) is 0 Å². The van der Waals surface area contributed by atoms with E-state index in [2.05, 4.69) is 53.1 Å². The van der Waals surface area contributed by atoms with E-state index in [1.807, 2.05) is 32.0 Å². The van der Waals surface area contributed by atoms with Gasteiger partial charge in [-0.2, -0.15) is 0 Å². The lowest BCUT2D eigenvalue weighted by Gasteiger charge is -2.11. The van der Waals surface area contributed by atoms with E-state index in [0.717, 1.165) is 11.1 Å². The van der Waals surface area contributed by atoms with Gasteiger partial charge in [0, 0.05) is 0 Å². The molecular formula is C21H23O4P. The molecule has 4 nitrogen and oxygen atoms in total. The molecule has 3 rings (SSSR count). The number of hydrogen-bond donors (Lipinski definition) is 2. The van der Waals surface area contributed by atoms with Gasteiger partial charge in [-0.05, 0) is 36.1 Å². The molecule has 3 aromatic carbocycles. The molecule has 0 radical (unpaired) electrons. The van der Waals surface area contributed by atoms with E-state index in [9.17, 15) is 4.57 Å². The Morgan fingerprint density at radius 1 is 0.846 bits per heavy atom. The van der Waals surface area contributed by atoms with Crippen molar-refractivity contribution in [1.82, 2.24) is 0 Å². The third-order valence-electron chi connectivity index (χ3n) is 3.70. The summed E-state index contributed by atoms with van der Waals surface area (Å²) < 4.78 is 15.2. The molecule has 26 heavy (non-hydrogen) atoms. The van der Waals surface area contributed by atoms with E-state index < -0.39 is 7.82 Å². The second kappa shape index (κ2) is 9.35. The highest BCUT2D eigenvalue weighted by molar-refractivity contribution is 7.46. The maximum atomic E-state index is 10.6. The standard InChI is InChI=1S/C12H10.C9H13O4P/c1-3-7-11(8-4-1)12-9-5-2-6-10-12;1-3-8-6-7(2)4-5-9(8)13-14(10,11)12/h1-10H;4-6H,3H2,1-2H3,(H2,10,11,12). The molecule has 3 aromatic rings. The lowest BCUT2D eigenvalue weighted by molar-refractivity contribution is 0.282. The Hall–Kier alpha value is -2.39. The molecule has 5 heteroatoms. The minimum Gasteiger partial charge on any atom is -0.404 e. The first kappa shape index (κ1) is 19.9. The van der Waals surface area contributed by atoms with Gasteiger partial charge >= 0.3 is 7.82 Å². The third-order valence-corrected chi connectivity index (χ3v) is 4.13. The van der Waals surface area contributed by atoms with Gasteiger partial charge in [-0.3, -0.25) is 9.79 Å². The van der Waals surface area contributed by atoms with Gasteiger partial charge in [-0.15, -0.1) is 0 Å². The molecule has 136 valence electrons. The molecular weight excluding hydrogens is 347 g/mol. The zero-order chi connectivity index (χ0) is 19.0. The summed E-state index contributed by atoms with van der Waals surface area (Å²) >= 11 is 0. The summed E-state index contributed by atoms with van der Waals surface area (Å²) in [7, 11) is -4.44. The van der Waals surface area contributed by atoms with Crippen LogP contribution < -0.4 is 4.52 Å². The normalized spacial score (nSPS) is 10.6. The van der Waals surface area contributed by atoms with Crippen molar-refractivity contribution < 1.29 is 18.9 Å². The molecule has 0 spiro atoms. The van der Waals surface area contributed by atoms with Crippen LogP contribution in [0.1, 0.15) is 18.1 Å². The van der Waals surface area contributed by atoms with E-state index in [1.54, 1.807) is 12.1 Å². The summed E-state index contributed by atoms with van der Waals surface area (Å²) in [4.78, 5) is 17.3. The van der Waals surface area contributed by atoms with Gasteiger partial charge in [-0.1, -0.05) is 85.3 Å². The molecule has 0 fully saturated rings. The maximum absolute atomic E-state index is 10.6. The van der Waals surface area contributed by atoms with Crippen LogP contribution in [0.4, 0.5) is 0 Å². The Kier molecular flexibility index (Phi) is 7.16. The molecule has 0 amide bonds. The van der Waals surface area contributed by atoms with E-state index >= 15 is 0 Å². The molecule has 0 saturated carbocycles. The molecule has 0 saturated heterocycles. The fourth-order valence-corrected chi connectivity index (χ4v) is 2.90. The number of phosphoric ester groups is 1. The lowest BCUT2D eigenvalue weighted by Crippen LogP contribution is -1.94. The first-order valence-corrected chi connectivity index (χ1v) is 9.87. The summed E-state index contributed by atoms with van der Waals surface area (Å²) in [5.41, 5.74) is 4.39. The number of aryl methyl sites for hydroxylation is 2. The summed E-state index contributed by atoms with van der Waals surface area (Å²) in [6, 6.07) is 26.0. The van der Waals surface area contributed by atoms with Crippen molar-refractivity contribution in [3.05, 3.63) is 90.0 Å². The summed E-state index contributed by atoms with van der Waals surface area (Å²) in [5.74, 6) is 0.256. The largest absolute Gasteiger partial charge is 0.524 e. The number of benzene rings is 3. The van der Waals surface area contributed by atoms with Crippen LogP contribution >= 0.6 is 7.82 Å². The monoisotopic (exact) mass is 370 g/mol. The predicted molar refractivity (Wildman–Crippen MR) is 105 cm³/mol. The quantitative estimate of drug-likeness (QED) is 0.605. The third kappa shape index (κ3) is 6.49. The SMILES string of the molecule is CCc1cc(C)ccc1OP(=O)(O)O.c1ccc(-c2ccccc2)cc1. The van der Waals surface area contributed by atoms with Gasteiger partial charge in [0.2, 0.25) is 0 Å². The highest BCUT2D eigenvalue weighted by atomic mass is 31.2. The molecule has 0 unspecified atom stereocenters. The average molecular weight is 370 g/mol. The zero-order valence-corrected chi connectivity index (χ0v) is 15.8. The van der Waals surface area contributed by atoms with Crippen LogP contribution in [0.15, 0.2) is 78.9 Å². The minimum absolute atomic E-state index is 0.256. The first-order valence-electron chi connectivity index (χ1n) is 8.34. The molecule has 2 N–H and O–H groups in total. The molecule has 0 bridgehead atoms. The molecule has 0 aromatic heterocycles. The van der Waals surface area contributed by atoms with Crippen molar-refractivity contribution in [3.8, 4) is 16.9 Å². The van der Waals surface area contributed by atoms with Gasteiger partial charge in [0.15, 0.2) is 0 Å². The highest BCUT2D eigenvalue weighted by Crippen LogP contribution is 2.39. The first-order chi connectivity index (χ1) is 12.4. The second-order valence-corrected chi connectivity index (χ2v) is 6.94. The Labute approximate surface area is 154 Å². The van der Waals surface area contributed by atoms with E-state index in [0.29, 0.717) is 6.42 Å². The van der Waals surface area contributed by atoms with Crippen LogP contribution in [0.2, 0.25) is 0 Å². The summed E-state index contributed by atoms with van der Waals surface area (Å²) in [6.45, 7) is 3.82. The van der Waals surface area contributed by atoms with Crippen molar-refractivity contribution in [2.45, 2.75) is 20.3 Å². The van der Waals surface area contributed by atoms with Crippen LogP contribution in [0.25, 0.3) is 11.1 Å². The van der Waals surface area contributed by atoms with Gasteiger partial charge < -0.3 is 4.52 Å². The van der Waals surface area contributed by atoms with Gasteiger partial charge in [0.05, 0.1) is 0 Å². The topological polar surface area (TPSA) is 66.8 Å². The summed E-state index contributed by atoms with van der Waals surface area (Å²) in [6.07, 6.45) is 0.678. The molecule has 0 aliphatic carbocycles. The number of rotatable bonds is 4. The van der Waals surface area contributed by atoms with Crippen LogP contribution in [0.3, 0.4) is 0 Å². The van der Waals surface area contributed by atoms with Crippen molar-refractivity contribution in [3.63, 3.8) is 0 Å². The molecule has 0 aliphatic rings. The van der Waals surface area contributed by atoms with Crippen LogP contribution in [0.5, 0.6) is 5.75 Å². The van der Waals surface area contributed by atoms with Gasteiger partial charge in [0.25, 0.3) is 0 Å². The predicted octanol–water partition coefficient (Wildman–Crippen LogP) is 5.38. The lowest BCUT2D eigenvalue weighted by atomic mass is 10.1. The zero-order valence-electron chi connectivity index (χ0n) is 14.9. The van der Waals surface area contributed by atoms with Gasteiger partial charge in [0.1, 0.15) is 5.75 Å². The average Bonchev–Trinajstić information content (AvgIpc) is 2.64. The second-order valence-electron chi connectivity index (χ2n) is 5.78. The molecule has 0 atom stereocenters.